The van der Waals surface area contributed by atoms with E-state index < -0.39 is 10.0 Å². The van der Waals surface area contributed by atoms with Crippen molar-refractivity contribution in [3.8, 4) is 17.2 Å². The summed E-state index contributed by atoms with van der Waals surface area (Å²) in [5, 5.41) is 0. The number of fused-ring (bicyclic) bond motifs is 2. The molecule has 3 heterocycles. The summed E-state index contributed by atoms with van der Waals surface area (Å²) in [7, 11) is -0.680. The Balaban J connectivity index is 1.98. The highest BCUT2D eigenvalue weighted by Gasteiger charge is 2.42. The first kappa shape index (κ1) is 17.7. The van der Waals surface area contributed by atoms with E-state index in [4.69, 9.17) is 14.2 Å². The molecular weight excluding hydrogens is 380 g/mol. The van der Waals surface area contributed by atoms with Crippen LogP contribution >= 0.6 is 11.8 Å². The number of rotatable bonds is 3. The largest absolute Gasteiger partial charge is 0.492 e. The first-order valence-corrected chi connectivity index (χ1v) is 10.9. The summed E-state index contributed by atoms with van der Waals surface area (Å²) >= 11 is 1.73. The number of likely N-dealkylation sites (N-methyl/N-ethyl adjacent to an activating group) is 1. The van der Waals surface area contributed by atoms with Gasteiger partial charge in [0.15, 0.2) is 11.5 Å². The molecule has 142 valence electrons. The molecule has 8 nitrogen and oxygen atoms in total. The van der Waals surface area contributed by atoms with E-state index in [2.05, 4.69) is 0 Å². The summed E-state index contributed by atoms with van der Waals surface area (Å²) in [6, 6.07) is 0. The van der Waals surface area contributed by atoms with E-state index >= 15 is 0 Å². The van der Waals surface area contributed by atoms with Gasteiger partial charge in [0.05, 0.1) is 12.7 Å². The number of ether oxygens (including phenoxy) is 3. The van der Waals surface area contributed by atoms with Crippen molar-refractivity contribution in [1.29, 1.82) is 0 Å². The third-order valence-corrected chi connectivity index (χ3v) is 7.79. The van der Waals surface area contributed by atoms with Crippen LogP contribution < -0.4 is 14.2 Å². The zero-order valence-electron chi connectivity index (χ0n) is 14.6. The van der Waals surface area contributed by atoms with Crippen molar-refractivity contribution < 1.29 is 27.4 Å². The van der Waals surface area contributed by atoms with Gasteiger partial charge in [-0.3, -0.25) is 4.79 Å². The van der Waals surface area contributed by atoms with Gasteiger partial charge in [0, 0.05) is 38.2 Å². The zero-order chi connectivity index (χ0) is 18.5. The number of carbonyl (C=O) groups is 1. The smallest absolute Gasteiger partial charge is 0.257 e. The van der Waals surface area contributed by atoms with E-state index in [-0.39, 0.29) is 40.4 Å². The number of carbonyl (C=O) groups excluding carboxylic acids is 1. The molecule has 3 aliphatic heterocycles. The minimum Gasteiger partial charge on any atom is -0.492 e. The normalized spacial score (nSPS) is 20.2. The second-order valence-corrected chi connectivity index (χ2v) is 9.37. The molecule has 3 aliphatic rings. The van der Waals surface area contributed by atoms with E-state index in [0.717, 1.165) is 11.5 Å². The van der Waals surface area contributed by atoms with Crippen molar-refractivity contribution in [2.45, 2.75) is 11.3 Å². The summed E-state index contributed by atoms with van der Waals surface area (Å²) in [5.41, 5.74) is 0.725. The molecule has 1 aromatic rings. The molecule has 0 aliphatic carbocycles. The van der Waals surface area contributed by atoms with Crippen molar-refractivity contribution in [3.05, 3.63) is 11.1 Å². The molecule has 1 saturated heterocycles. The molecule has 1 aromatic carbocycles. The number of amides is 1. The molecule has 0 radical (unpaired) electrons. The summed E-state index contributed by atoms with van der Waals surface area (Å²) in [6.45, 7) is 1.22. The molecule has 0 N–H and O–H groups in total. The summed E-state index contributed by atoms with van der Waals surface area (Å²) in [5.74, 6) is 1.83. The highest BCUT2D eigenvalue weighted by molar-refractivity contribution is 7.99. The Morgan fingerprint density at radius 1 is 1.12 bits per heavy atom. The van der Waals surface area contributed by atoms with Crippen LogP contribution in [0.25, 0.3) is 0 Å². The van der Waals surface area contributed by atoms with Crippen molar-refractivity contribution in [1.82, 2.24) is 9.21 Å². The van der Waals surface area contributed by atoms with Gasteiger partial charge in [-0.1, -0.05) is 0 Å². The minimum atomic E-state index is -3.81. The monoisotopic (exact) mass is 400 g/mol. The number of thioether (sulfide) groups is 1. The molecule has 0 atom stereocenters. The van der Waals surface area contributed by atoms with Crippen LogP contribution in [0.15, 0.2) is 4.90 Å². The van der Waals surface area contributed by atoms with Crippen LogP contribution in [0, 0.1) is 0 Å². The van der Waals surface area contributed by atoms with Gasteiger partial charge in [-0.2, -0.15) is 16.1 Å². The average molecular weight is 400 g/mol. The number of benzene rings is 1. The number of methoxy groups -OCH3 is 1. The van der Waals surface area contributed by atoms with Crippen LogP contribution in [-0.4, -0.2) is 75.6 Å². The highest BCUT2D eigenvalue weighted by atomic mass is 32.2. The first-order chi connectivity index (χ1) is 12.5. The Morgan fingerprint density at radius 2 is 1.81 bits per heavy atom. The van der Waals surface area contributed by atoms with E-state index in [1.165, 1.54) is 11.4 Å². The van der Waals surface area contributed by atoms with Crippen molar-refractivity contribution in [3.63, 3.8) is 0 Å². The second kappa shape index (κ2) is 6.50. The van der Waals surface area contributed by atoms with Gasteiger partial charge >= 0.3 is 0 Å². The molecule has 1 fully saturated rings. The molecule has 0 unspecified atom stereocenters. The lowest BCUT2D eigenvalue weighted by Crippen LogP contribution is -2.40. The maximum atomic E-state index is 13.4. The lowest BCUT2D eigenvalue weighted by Gasteiger charge is -2.31. The third-order valence-electron chi connectivity index (χ3n) is 4.86. The van der Waals surface area contributed by atoms with Gasteiger partial charge in [-0.05, 0) is 12.0 Å². The Morgan fingerprint density at radius 3 is 2.50 bits per heavy atom. The van der Waals surface area contributed by atoms with Gasteiger partial charge in [-0.25, -0.2) is 8.42 Å². The quantitative estimate of drug-likeness (QED) is 0.741. The predicted molar refractivity (Wildman–Crippen MR) is 95.9 cm³/mol. The van der Waals surface area contributed by atoms with Crippen molar-refractivity contribution in [2.24, 2.45) is 0 Å². The Bertz CT molecular complexity index is 864. The number of sulfonamides is 1. The van der Waals surface area contributed by atoms with E-state index in [0.29, 0.717) is 31.6 Å². The topological polar surface area (TPSA) is 85.4 Å². The maximum Gasteiger partial charge on any atom is 0.257 e. The van der Waals surface area contributed by atoms with E-state index in [9.17, 15) is 13.2 Å². The Kier molecular flexibility index (Phi) is 4.44. The fourth-order valence-corrected chi connectivity index (χ4v) is 6.49. The molecule has 0 aromatic heterocycles. The molecular formula is C16H20N2O6S2. The lowest BCUT2D eigenvalue weighted by molar-refractivity contribution is 0.0775. The van der Waals surface area contributed by atoms with Gasteiger partial charge in [0.1, 0.15) is 4.90 Å². The van der Waals surface area contributed by atoms with Crippen LogP contribution in [0.1, 0.15) is 15.9 Å². The summed E-state index contributed by atoms with van der Waals surface area (Å²) < 4.78 is 44.8. The fourth-order valence-electron chi connectivity index (χ4n) is 3.54. The van der Waals surface area contributed by atoms with Crippen LogP contribution in [-0.2, 0) is 16.4 Å². The molecule has 0 bridgehead atoms. The van der Waals surface area contributed by atoms with Gasteiger partial charge in [-0.15, -0.1) is 0 Å². The van der Waals surface area contributed by atoms with Gasteiger partial charge < -0.3 is 19.1 Å². The second-order valence-electron chi connectivity index (χ2n) is 6.27. The highest BCUT2D eigenvalue weighted by Crippen LogP contribution is 2.51. The molecule has 1 amide bonds. The van der Waals surface area contributed by atoms with Gasteiger partial charge in [0.2, 0.25) is 22.6 Å². The molecule has 10 heteroatoms. The first-order valence-electron chi connectivity index (χ1n) is 8.32. The standard InChI is InChI=1S/C16H20N2O6S2/c1-17-4-3-10-11(16(17)19)12(22-2)13-14(24-9-23-13)15(10)26(20,21)18-5-7-25-8-6-18/h3-9H2,1-2H3. The van der Waals surface area contributed by atoms with Crippen molar-refractivity contribution >= 4 is 27.7 Å². The van der Waals surface area contributed by atoms with Crippen LogP contribution in [0.4, 0.5) is 0 Å². The summed E-state index contributed by atoms with van der Waals surface area (Å²) in [6.07, 6.45) is 0.418. The summed E-state index contributed by atoms with van der Waals surface area (Å²) in [4.78, 5) is 14.4. The predicted octanol–water partition coefficient (Wildman–Crippen LogP) is 0.790. The van der Waals surface area contributed by atoms with Crippen LogP contribution in [0.2, 0.25) is 0 Å². The molecule has 4 rings (SSSR count). The Hall–Kier alpha value is -1.65. The lowest BCUT2D eigenvalue weighted by atomic mass is 9.97. The molecule has 0 spiro atoms. The number of hydrogen-bond donors (Lipinski definition) is 0. The average Bonchev–Trinajstić information content (AvgIpc) is 3.12. The fraction of sp³-hybridized carbons (Fsp3) is 0.562. The maximum absolute atomic E-state index is 13.4. The molecule has 0 saturated carbocycles. The Labute approximate surface area is 156 Å². The number of nitrogens with zero attached hydrogens (tertiary/aromatic N) is 2. The van der Waals surface area contributed by atoms with E-state index in [1.807, 2.05) is 0 Å². The van der Waals surface area contributed by atoms with E-state index in [1.54, 1.807) is 23.7 Å². The number of hydrogen-bond acceptors (Lipinski definition) is 7. The molecule has 26 heavy (non-hydrogen) atoms. The van der Waals surface area contributed by atoms with Gasteiger partial charge in [0.25, 0.3) is 5.91 Å². The minimum absolute atomic E-state index is 0.0640. The SMILES string of the molecule is COc1c2c(c(S(=O)(=O)N3CCSCC3)c3c1C(=O)N(C)CC3)OCO2. The third kappa shape index (κ3) is 2.54. The zero-order valence-corrected chi connectivity index (χ0v) is 16.2. The van der Waals surface area contributed by atoms with Crippen LogP contribution in [0.3, 0.4) is 0 Å². The van der Waals surface area contributed by atoms with Crippen molar-refractivity contribution in [2.75, 3.05) is 52.1 Å². The van der Waals surface area contributed by atoms with Crippen LogP contribution in [0.5, 0.6) is 17.2 Å².